The Hall–Kier alpha value is -2.49. The molecule has 0 spiro atoms. The lowest BCUT2D eigenvalue weighted by Crippen LogP contribution is -2.26. The molecule has 0 aliphatic rings. The van der Waals surface area contributed by atoms with Gasteiger partial charge in [0, 0.05) is 25.5 Å². The van der Waals surface area contributed by atoms with Crippen LogP contribution in [0.5, 0.6) is 0 Å². The molecule has 3 rings (SSSR count). The third-order valence-electron chi connectivity index (χ3n) is 4.26. The molecule has 28 heavy (non-hydrogen) atoms. The van der Waals surface area contributed by atoms with Gasteiger partial charge in [-0.3, -0.25) is 0 Å². The summed E-state index contributed by atoms with van der Waals surface area (Å²) in [6, 6.07) is 12.1. The van der Waals surface area contributed by atoms with Crippen LogP contribution in [0.1, 0.15) is 12.0 Å². The van der Waals surface area contributed by atoms with Gasteiger partial charge in [0.1, 0.15) is 0 Å². The van der Waals surface area contributed by atoms with E-state index in [1.54, 1.807) is 43.8 Å². The molecule has 3 aromatic rings. The lowest BCUT2D eigenvalue weighted by atomic mass is 10.2. The second-order valence-electron chi connectivity index (χ2n) is 6.30. The highest BCUT2D eigenvalue weighted by Gasteiger charge is 2.23. The minimum absolute atomic E-state index is 0.0351. The van der Waals surface area contributed by atoms with E-state index in [9.17, 15) is 16.8 Å². The van der Waals surface area contributed by atoms with Crippen molar-refractivity contribution in [3.8, 4) is 0 Å². The first-order valence-corrected chi connectivity index (χ1v) is 11.6. The van der Waals surface area contributed by atoms with Crippen molar-refractivity contribution in [1.82, 2.24) is 14.3 Å². The lowest BCUT2D eigenvalue weighted by Gasteiger charge is -2.12. The zero-order chi connectivity index (χ0) is 20.2. The van der Waals surface area contributed by atoms with E-state index in [4.69, 9.17) is 0 Å². The highest BCUT2D eigenvalue weighted by atomic mass is 32.2. The quantitative estimate of drug-likeness (QED) is 0.566. The Balaban J connectivity index is 1.80. The molecule has 0 saturated heterocycles. The maximum absolute atomic E-state index is 12.8. The van der Waals surface area contributed by atoms with Crippen LogP contribution in [0.2, 0.25) is 0 Å². The van der Waals surface area contributed by atoms with E-state index < -0.39 is 19.9 Å². The van der Waals surface area contributed by atoms with E-state index in [-0.39, 0.29) is 21.2 Å². The lowest BCUT2D eigenvalue weighted by molar-refractivity contribution is 0.569. The fourth-order valence-corrected chi connectivity index (χ4v) is 5.46. The van der Waals surface area contributed by atoms with Gasteiger partial charge < -0.3 is 4.57 Å². The van der Waals surface area contributed by atoms with Crippen LogP contribution in [0.4, 0.5) is 0 Å². The van der Waals surface area contributed by atoms with Gasteiger partial charge in [-0.1, -0.05) is 24.3 Å². The number of rotatable bonds is 8. The van der Waals surface area contributed by atoms with E-state index in [2.05, 4.69) is 9.71 Å². The van der Waals surface area contributed by atoms with E-state index in [1.165, 1.54) is 30.3 Å². The molecule has 0 bridgehead atoms. The van der Waals surface area contributed by atoms with Gasteiger partial charge in [-0.15, -0.1) is 0 Å². The van der Waals surface area contributed by atoms with Crippen molar-refractivity contribution in [2.75, 3.05) is 6.54 Å². The smallest absolute Gasteiger partial charge is 0.240 e. The van der Waals surface area contributed by atoms with Crippen molar-refractivity contribution in [2.24, 2.45) is 0 Å². The average molecular weight is 420 g/mol. The summed E-state index contributed by atoms with van der Waals surface area (Å²) < 4.78 is 55.4. The zero-order valence-electron chi connectivity index (χ0n) is 15.3. The van der Waals surface area contributed by atoms with E-state index in [1.807, 2.05) is 4.57 Å². The number of sulfone groups is 1. The Kier molecular flexibility index (Phi) is 5.97. The summed E-state index contributed by atoms with van der Waals surface area (Å²) in [5, 5.41) is 0. The Labute approximate surface area is 165 Å². The van der Waals surface area contributed by atoms with Crippen LogP contribution in [0.25, 0.3) is 0 Å². The fraction of sp³-hybridized carbons (Fsp3) is 0.211. The molecule has 0 aliphatic carbocycles. The van der Waals surface area contributed by atoms with Gasteiger partial charge in [0.15, 0.2) is 0 Å². The third kappa shape index (κ3) is 4.49. The molecular formula is C19H21N3O4S2. The van der Waals surface area contributed by atoms with Crippen LogP contribution in [-0.2, 0) is 26.4 Å². The van der Waals surface area contributed by atoms with Crippen molar-refractivity contribution in [3.05, 3.63) is 72.8 Å². The summed E-state index contributed by atoms with van der Waals surface area (Å²) in [5.41, 5.74) is 0.481. The maximum Gasteiger partial charge on any atom is 0.240 e. The molecule has 0 amide bonds. The number of sulfonamides is 1. The van der Waals surface area contributed by atoms with Crippen LogP contribution in [-0.4, -0.2) is 32.9 Å². The Bertz CT molecular complexity index is 1140. The normalized spacial score (nSPS) is 12.2. The first kappa shape index (κ1) is 20.2. The predicted molar refractivity (Wildman–Crippen MR) is 105 cm³/mol. The Morgan fingerprint density at radius 1 is 1.00 bits per heavy atom. The number of benzene rings is 2. The molecule has 7 nitrogen and oxygen atoms in total. The van der Waals surface area contributed by atoms with Crippen molar-refractivity contribution in [2.45, 2.75) is 34.6 Å². The molecular weight excluding hydrogens is 398 g/mol. The number of aromatic nitrogens is 2. The number of hydrogen-bond donors (Lipinski definition) is 1. The standard InChI is InChI=1S/C19H21N3O4S2/c1-16-8-9-18(27(23,24)17-6-3-2-4-7-17)14-19(16)28(25,26)21-10-5-12-22-13-11-20-15-22/h2-4,6-9,11,13-15,21H,5,10,12H2,1H3. The van der Waals surface area contributed by atoms with Gasteiger partial charge in [0.05, 0.1) is 21.0 Å². The first-order valence-electron chi connectivity index (χ1n) is 8.67. The SMILES string of the molecule is Cc1ccc(S(=O)(=O)c2ccccc2)cc1S(=O)(=O)NCCCn1ccnc1. The minimum atomic E-state index is -3.84. The largest absolute Gasteiger partial charge is 0.337 e. The summed E-state index contributed by atoms with van der Waals surface area (Å²) in [6.45, 7) is 2.50. The third-order valence-corrected chi connectivity index (χ3v) is 7.63. The molecule has 0 unspecified atom stereocenters. The highest BCUT2D eigenvalue weighted by Crippen LogP contribution is 2.25. The number of nitrogens with one attached hydrogen (secondary N) is 1. The fourth-order valence-electron chi connectivity index (χ4n) is 2.74. The van der Waals surface area contributed by atoms with Crippen LogP contribution >= 0.6 is 0 Å². The molecule has 1 N–H and O–H groups in total. The number of aryl methyl sites for hydroxylation is 2. The molecule has 1 heterocycles. The van der Waals surface area contributed by atoms with E-state index >= 15 is 0 Å². The zero-order valence-corrected chi connectivity index (χ0v) is 16.9. The van der Waals surface area contributed by atoms with E-state index in [0.717, 1.165) is 0 Å². The monoisotopic (exact) mass is 419 g/mol. The number of hydrogen-bond acceptors (Lipinski definition) is 5. The maximum atomic E-state index is 12.8. The van der Waals surface area contributed by atoms with Crippen molar-refractivity contribution < 1.29 is 16.8 Å². The number of imidazole rings is 1. The summed E-state index contributed by atoms with van der Waals surface area (Å²) in [7, 11) is -7.63. The minimum Gasteiger partial charge on any atom is -0.337 e. The summed E-state index contributed by atoms with van der Waals surface area (Å²) >= 11 is 0. The summed E-state index contributed by atoms with van der Waals surface area (Å²) in [6.07, 6.45) is 5.70. The van der Waals surface area contributed by atoms with Crippen molar-refractivity contribution in [3.63, 3.8) is 0 Å². The predicted octanol–water partition coefficient (Wildman–Crippen LogP) is 2.39. The molecule has 148 valence electrons. The Morgan fingerprint density at radius 2 is 1.75 bits per heavy atom. The van der Waals surface area contributed by atoms with E-state index in [0.29, 0.717) is 18.5 Å². The Morgan fingerprint density at radius 3 is 2.43 bits per heavy atom. The van der Waals surface area contributed by atoms with Crippen molar-refractivity contribution >= 4 is 19.9 Å². The second kappa shape index (κ2) is 8.26. The molecule has 0 atom stereocenters. The summed E-state index contributed by atoms with van der Waals surface area (Å²) in [4.78, 5) is 3.97. The van der Waals surface area contributed by atoms with Crippen LogP contribution < -0.4 is 4.72 Å². The van der Waals surface area contributed by atoms with Gasteiger partial charge in [0.25, 0.3) is 0 Å². The van der Waals surface area contributed by atoms with Crippen LogP contribution in [0, 0.1) is 6.92 Å². The molecule has 0 fully saturated rings. The second-order valence-corrected chi connectivity index (χ2v) is 9.98. The molecule has 0 saturated carbocycles. The molecule has 9 heteroatoms. The average Bonchev–Trinajstić information content (AvgIpc) is 3.19. The molecule has 2 aromatic carbocycles. The first-order chi connectivity index (χ1) is 13.3. The van der Waals surface area contributed by atoms with Gasteiger partial charge in [-0.05, 0) is 43.2 Å². The molecule has 1 aromatic heterocycles. The highest BCUT2D eigenvalue weighted by molar-refractivity contribution is 7.91. The van der Waals surface area contributed by atoms with Crippen molar-refractivity contribution in [1.29, 1.82) is 0 Å². The molecule has 0 radical (unpaired) electrons. The number of nitrogens with zero attached hydrogens (tertiary/aromatic N) is 2. The van der Waals surface area contributed by atoms with Gasteiger partial charge in [-0.25, -0.2) is 26.5 Å². The summed E-state index contributed by atoms with van der Waals surface area (Å²) in [5.74, 6) is 0. The molecule has 0 aliphatic heterocycles. The van der Waals surface area contributed by atoms with Crippen LogP contribution in [0.3, 0.4) is 0 Å². The topological polar surface area (TPSA) is 98.1 Å². The van der Waals surface area contributed by atoms with Gasteiger partial charge in [0.2, 0.25) is 19.9 Å². The van der Waals surface area contributed by atoms with Crippen LogP contribution in [0.15, 0.2) is 81.9 Å². The van der Waals surface area contributed by atoms with Gasteiger partial charge in [-0.2, -0.15) is 0 Å². The van der Waals surface area contributed by atoms with Gasteiger partial charge >= 0.3 is 0 Å².